The maximum absolute atomic E-state index is 12.6. The zero-order chi connectivity index (χ0) is 18.2. The summed E-state index contributed by atoms with van der Waals surface area (Å²) in [6, 6.07) is 4.80. The molecule has 2 aliphatic rings. The predicted octanol–water partition coefficient (Wildman–Crippen LogP) is 1.58. The first-order valence-corrected chi connectivity index (χ1v) is 12.1. The Morgan fingerprint density at radius 1 is 1.20 bits per heavy atom. The third kappa shape index (κ3) is 4.36. The van der Waals surface area contributed by atoms with Gasteiger partial charge in [0, 0.05) is 17.1 Å². The number of benzene rings is 1. The van der Waals surface area contributed by atoms with Gasteiger partial charge in [-0.3, -0.25) is 4.90 Å². The molecule has 25 heavy (non-hydrogen) atoms. The van der Waals surface area contributed by atoms with E-state index in [4.69, 9.17) is 11.6 Å². The highest BCUT2D eigenvalue weighted by Gasteiger charge is 2.35. The Bertz CT molecular complexity index is 847. The van der Waals surface area contributed by atoms with Crippen molar-refractivity contribution < 1.29 is 16.8 Å². The van der Waals surface area contributed by atoms with Crippen LogP contribution in [0.1, 0.15) is 24.8 Å². The monoisotopic (exact) mass is 406 g/mol. The van der Waals surface area contributed by atoms with Gasteiger partial charge in [0.2, 0.25) is 10.0 Å². The number of sulfone groups is 1. The van der Waals surface area contributed by atoms with Crippen molar-refractivity contribution in [1.82, 2.24) is 9.62 Å². The van der Waals surface area contributed by atoms with Crippen LogP contribution in [0.3, 0.4) is 0 Å². The molecule has 1 N–H and O–H groups in total. The van der Waals surface area contributed by atoms with Crippen LogP contribution < -0.4 is 4.72 Å². The summed E-state index contributed by atoms with van der Waals surface area (Å²) in [6.07, 6.45) is 2.03. The van der Waals surface area contributed by atoms with Crippen LogP contribution in [0.5, 0.6) is 0 Å². The van der Waals surface area contributed by atoms with Crippen LogP contribution in [0.25, 0.3) is 0 Å². The molecule has 1 aromatic carbocycles. The Kier molecular flexibility index (Phi) is 5.46. The quantitative estimate of drug-likeness (QED) is 0.820. The van der Waals surface area contributed by atoms with Gasteiger partial charge in [-0.15, -0.1) is 0 Å². The predicted molar refractivity (Wildman–Crippen MR) is 98.2 cm³/mol. The summed E-state index contributed by atoms with van der Waals surface area (Å²) in [6.45, 7) is 3.11. The van der Waals surface area contributed by atoms with Crippen molar-refractivity contribution in [2.75, 3.05) is 24.6 Å². The lowest BCUT2D eigenvalue weighted by molar-refractivity contribution is 0.161. The number of hydrogen-bond donors (Lipinski definition) is 1. The highest BCUT2D eigenvalue weighted by atomic mass is 35.5. The topological polar surface area (TPSA) is 83.6 Å². The average molecular weight is 407 g/mol. The van der Waals surface area contributed by atoms with E-state index >= 15 is 0 Å². The number of sulfonamides is 1. The van der Waals surface area contributed by atoms with Gasteiger partial charge in [0.05, 0.1) is 16.4 Å². The Hall–Kier alpha value is -0.670. The zero-order valence-corrected chi connectivity index (χ0v) is 16.5. The van der Waals surface area contributed by atoms with E-state index in [2.05, 4.69) is 9.62 Å². The van der Waals surface area contributed by atoms with Gasteiger partial charge in [-0.1, -0.05) is 17.7 Å². The van der Waals surface area contributed by atoms with Gasteiger partial charge in [-0.25, -0.2) is 21.6 Å². The van der Waals surface area contributed by atoms with E-state index in [9.17, 15) is 16.8 Å². The maximum Gasteiger partial charge on any atom is 0.241 e. The van der Waals surface area contributed by atoms with Crippen LogP contribution in [-0.2, 0) is 19.9 Å². The molecular weight excluding hydrogens is 384 g/mol. The van der Waals surface area contributed by atoms with Crippen LogP contribution in [-0.4, -0.2) is 58.4 Å². The van der Waals surface area contributed by atoms with E-state index in [0.29, 0.717) is 42.9 Å². The van der Waals surface area contributed by atoms with Gasteiger partial charge >= 0.3 is 0 Å². The second kappa shape index (κ2) is 7.15. The molecule has 6 nitrogen and oxygen atoms in total. The minimum Gasteiger partial charge on any atom is -0.299 e. The van der Waals surface area contributed by atoms with Crippen molar-refractivity contribution in [2.45, 2.75) is 43.2 Å². The summed E-state index contributed by atoms with van der Waals surface area (Å²) >= 11 is 6.03. The highest BCUT2D eigenvalue weighted by molar-refractivity contribution is 7.91. The van der Waals surface area contributed by atoms with Crippen LogP contribution >= 0.6 is 11.6 Å². The number of piperidine rings is 1. The number of rotatable bonds is 4. The molecule has 2 saturated heterocycles. The molecule has 0 unspecified atom stereocenters. The lowest BCUT2D eigenvalue weighted by Crippen LogP contribution is -2.48. The second-order valence-corrected chi connectivity index (χ2v) is 11.2. The lowest BCUT2D eigenvalue weighted by atomic mass is 10.0. The van der Waals surface area contributed by atoms with Crippen molar-refractivity contribution in [3.8, 4) is 0 Å². The number of halogens is 1. The average Bonchev–Trinajstić information content (AvgIpc) is 2.90. The standard InChI is InChI=1S/C16H23ClN2O4S2/c1-12-15(17)3-2-4-16(12)25(22,23)18-13-5-8-19(9-6-13)14-7-10-24(20,21)11-14/h2-4,13-14,18H,5-11H2,1H3/t14-/m0/s1. The third-order valence-electron chi connectivity index (χ3n) is 5.08. The Balaban J connectivity index is 1.61. The molecule has 140 valence electrons. The zero-order valence-electron chi connectivity index (χ0n) is 14.1. The SMILES string of the molecule is Cc1c(Cl)cccc1S(=O)(=O)NC1CCN([C@H]2CCS(=O)(=O)C2)CC1. The summed E-state index contributed by atoms with van der Waals surface area (Å²) in [5.41, 5.74) is 0.547. The van der Waals surface area contributed by atoms with E-state index in [1.54, 1.807) is 25.1 Å². The molecular formula is C16H23ClN2O4S2. The van der Waals surface area contributed by atoms with Crippen molar-refractivity contribution in [1.29, 1.82) is 0 Å². The number of likely N-dealkylation sites (tertiary alicyclic amines) is 1. The van der Waals surface area contributed by atoms with Gasteiger partial charge in [0.25, 0.3) is 0 Å². The summed E-state index contributed by atoms with van der Waals surface area (Å²) < 4.78 is 51.3. The van der Waals surface area contributed by atoms with Gasteiger partial charge in [-0.05, 0) is 57.0 Å². The van der Waals surface area contributed by atoms with E-state index in [1.165, 1.54) is 0 Å². The molecule has 2 aliphatic heterocycles. The molecule has 9 heteroatoms. The summed E-state index contributed by atoms with van der Waals surface area (Å²) in [7, 11) is -6.51. The van der Waals surface area contributed by atoms with Crippen molar-refractivity contribution >= 4 is 31.5 Å². The third-order valence-corrected chi connectivity index (χ3v) is 8.91. The largest absolute Gasteiger partial charge is 0.299 e. The number of nitrogens with zero attached hydrogens (tertiary/aromatic N) is 1. The van der Waals surface area contributed by atoms with E-state index in [0.717, 1.165) is 0 Å². The van der Waals surface area contributed by atoms with E-state index < -0.39 is 19.9 Å². The van der Waals surface area contributed by atoms with E-state index in [-0.39, 0.29) is 28.5 Å². The minimum atomic E-state index is -3.62. The molecule has 2 heterocycles. The fourth-order valence-corrected chi connectivity index (χ4v) is 7.17. The van der Waals surface area contributed by atoms with E-state index in [1.807, 2.05) is 0 Å². The molecule has 0 aromatic heterocycles. The molecule has 0 radical (unpaired) electrons. The molecule has 1 aromatic rings. The van der Waals surface area contributed by atoms with Crippen molar-refractivity contribution in [3.63, 3.8) is 0 Å². The minimum absolute atomic E-state index is 0.0812. The maximum atomic E-state index is 12.6. The normalized spacial score (nSPS) is 25.3. The molecule has 0 bridgehead atoms. The van der Waals surface area contributed by atoms with Crippen LogP contribution in [0.4, 0.5) is 0 Å². The fourth-order valence-electron chi connectivity index (χ4n) is 3.61. The number of nitrogens with one attached hydrogen (secondary N) is 1. The molecule has 0 saturated carbocycles. The summed E-state index contributed by atoms with van der Waals surface area (Å²) in [5.74, 6) is 0.489. The molecule has 0 spiro atoms. The Morgan fingerprint density at radius 2 is 1.88 bits per heavy atom. The molecule has 3 rings (SSSR count). The Morgan fingerprint density at radius 3 is 2.48 bits per heavy atom. The first-order valence-electron chi connectivity index (χ1n) is 8.40. The summed E-state index contributed by atoms with van der Waals surface area (Å²) in [4.78, 5) is 2.39. The van der Waals surface area contributed by atoms with Gasteiger partial charge in [0.15, 0.2) is 9.84 Å². The van der Waals surface area contributed by atoms with Crippen LogP contribution in [0, 0.1) is 6.92 Å². The molecule has 0 aliphatic carbocycles. The summed E-state index contributed by atoms with van der Waals surface area (Å²) in [5, 5.41) is 0.431. The van der Waals surface area contributed by atoms with Gasteiger partial charge in [-0.2, -0.15) is 0 Å². The Labute approximate surface area is 154 Å². The highest BCUT2D eigenvalue weighted by Crippen LogP contribution is 2.25. The van der Waals surface area contributed by atoms with Crippen molar-refractivity contribution in [3.05, 3.63) is 28.8 Å². The first kappa shape index (κ1) is 19.1. The lowest BCUT2D eigenvalue weighted by Gasteiger charge is -2.35. The smallest absolute Gasteiger partial charge is 0.241 e. The molecule has 0 amide bonds. The number of hydrogen-bond acceptors (Lipinski definition) is 5. The van der Waals surface area contributed by atoms with Gasteiger partial charge < -0.3 is 0 Å². The van der Waals surface area contributed by atoms with Crippen molar-refractivity contribution in [2.24, 2.45) is 0 Å². The molecule has 1 atom stereocenters. The van der Waals surface area contributed by atoms with Crippen LogP contribution in [0.2, 0.25) is 5.02 Å². The molecule has 2 fully saturated rings. The fraction of sp³-hybridized carbons (Fsp3) is 0.625. The van der Waals surface area contributed by atoms with Crippen LogP contribution in [0.15, 0.2) is 23.1 Å². The first-order chi connectivity index (χ1) is 11.7. The second-order valence-electron chi connectivity index (χ2n) is 6.85. The van der Waals surface area contributed by atoms with Gasteiger partial charge in [0.1, 0.15) is 0 Å².